The molecule has 6 heteroatoms. The van der Waals surface area contributed by atoms with Crippen molar-refractivity contribution in [2.45, 2.75) is 70.0 Å². The Hall–Kier alpha value is -2.08. The Morgan fingerprint density at radius 3 is 2.81 bits per heavy atom. The maximum atomic E-state index is 14.7. The molecule has 1 fully saturated rings. The van der Waals surface area contributed by atoms with Gasteiger partial charge in [0.1, 0.15) is 17.5 Å². The third-order valence-corrected chi connectivity index (χ3v) is 5.02. The van der Waals surface area contributed by atoms with E-state index in [1.807, 2.05) is 6.92 Å². The molecule has 0 radical (unpaired) electrons. The van der Waals surface area contributed by atoms with Crippen LogP contribution in [-0.4, -0.2) is 27.3 Å². The van der Waals surface area contributed by atoms with Crippen molar-refractivity contribution >= 4 is 0 Å². The van der Waals surface area contributed by atoms with Crippen LogP contribution in [0.3, 0.4) is 0 Å². The van der Waals surface area contributed by atoms with Crippen LogP contribution in [-0.2, 0) is 12.3 Å². The number of hydrogen-bond acceptors (Lipinski definition) is 4. The lowest BCUT2D eigenvalue weighted by molar-refractivity contribution is -0.0237. The molecule has 0 aliphatic heterocycles. The van der Waals surface area contributed by atoms with Gasteiger partial charge in [-0.3, -0.25) is 9.97 Å². The van der Waals surface area contributed by atoms with E-state index in [-0.39, 0.29) is 24.3 Å². The molecule has 0 saturated heterocycles. The van der Waals surface area contributed by atoms with Gasteiger partial charge in [0.05, 0.1) is 6.10 Å². The van der Waals surface area contributed by atoms with E-state index in [1.54, 1.807) is 37.4 Å². The number of halogens is 2. The number of nitrogens with zero attached hydrogens (tertiary/aromatic N) is 2. The molecule has 3 atom stereocenters. The van der Waals surface area contributed by atoms with Crippen molar-refractivity contribution in [2.75, 3.05) is 0 Å². The number of aromatic nitrogens is 2. The van der Waals surface area contributed by atoms with Crippen molar-refractivity contribution in [3.05, 3.63) is 53.6 Å². The Morgan fingerprint density at radius 2 is 2.11 bits per heavy atom. The van der Waals surface area contributed by atoms with Gasteiger partial charge in [0.25, 0.3) is 5.92 Å². The summed E-state index contributed by atoms with van der Waals surface area (Å²) >= 11 is 0. The van der Waals surface area contributed by atoms with Gasteiger partial charge in [-0.15, -0.1) is 0 Å². The fourth-order valence-corrected chi connectivity index (χ4v) is 3.46. The second kappa shape index (κ2) is 8.30. The molecule has 1 aliphatic rings. The number of hydrogen-bond donors (Lipinski definition) is 1. The summed E-state index contributed by atoms with van der Waals surface area (Å²) in [5.41, 5.74) is 1.03. The van der Waals surface area contributed by atoms with Gasteiger partial charge in [-0.25, -0.2) is 0 Å². The van der Waals surface area contributed by atoms with Gasteiger partial charge in [0.2, 0.25) is 0 Å². The van der Waals surface area contributed by atoms with Crippen LogP contribution in [0.5, 0.6) is 5.75 Å². The van der Waals surface area contributed by atoms with E-state index in [1.165, 1.54) is 6.07 Å². The SMILES string of the molecule is CCc1cccc(C(F)(F)CC(C)c2cc(OC3CCC(O)C3)ccn2)n1. The minimum atomic E-state index is -3.03. The zero-order chi connectivity index (χ0) is 19.4. The highest BCUT2D eigenvalue weighted by Gasteiger charge is 2.36. The summed E-state index contributed by atoms with van der Waals surface area (Å²) in [6, 6.07) is 8.21. The fraction of sp³-hybridized carbons (Fsp3) is 0.524. The van der Waals surface area contributed by atoms with Crippen LogP contribution in [0.4, 0.5) is 8.78 Å². The molecule has 0 bridgehead atoms. The molecule has 1 aliphatic carbocycles. The molecule has 2 aromatic rings. The van der Waals surface area contributed by atoms with Gasteiger partial charge in [-0.1, -0.05) is 19.9 Å². The maximum absolute atomic E-state index is 14.7. The topological polar surface area (TPSA) is 55.2 Å². The molecule has 0 aromatic carbocycles. The van der Waals surface area contributed by atoms with Gasteiger partial charge >= 0.3 is 0 Å². The zero-order valence-corrected chi connectivity index (χ0v) is 15.7. The van der Waals surface area contributed by atoms with E-state index in [2.05, 4.69) is 9.97 Å². The number of pyridine rings is 2. The number of aryl methyl sites for hydroxylation is 1. The van der Waals surface area contributed by atoms with Gasteiger partial charge < -0.3 is 9.84 Å². The van der Waals surface area contributed by atoms with Crippen molar-refractivity contribution < 1.29 is 18.6 Å². The number of alkyl halides is 2. The predicted molar refractivity (Wildman–Crippen MR) is 99.1 cm³/mol. The first-order valence-corrected chi connectivity index (χ1v) is 9.52. The summed E-state index contributed by atoms with van der Waals surface area (Å²) in [4.78, 5) is 8.34. The summed E-state index contributed by atoms with van der Waals surface area (Å²) in [5.74, 6) is -2.87. The molecule has 2 heterocycles. The second-order valence-corrected chi connectivity index (χ2v) is 7.30. The molecule has 0 spiro atoms. The van der Waals surface area contributed by atoms with Crippen molar-refractivity contribution in [1.82, 2.24) is 9.97 Å². The van der Waals surface area contributed by atoms with E-state index >= 15 is 0 Å². The largest absolute Gasteiger partial charge is 0.490 e. The van der Waals surface area contributed by atoms with Gasteiger partial charge in [0.15, 0.2) is 0 Å². The molecule has 1 N–H and O–H groups in total. The van der Waals surface area contributed by atoms with Crippen LogP contribution in [0.1, 0.15) is 62.5 Å². The molecular weight excluding hydrogens is 350 g/mol. The van der Waals surface area contributed by atoms with E-state index in [0.717, 1.165) is 12.8 Å². The van der Waals surface area contributed by atoms with E-state index in [9.17, 15) is 13.9 Å². The quantitative estimate of drug-likeness (QED) is 0.766. The van der Waals surface area contributed by atoms with Crippen LogP contribution in [0, 0.1) is 0 Å². The van der Waals surface area contributed by atoms with E-state index in [0.29, 0.717) is 30.0 Å². The minimum Gasteiger partial charge on any atom is -0.490 e. The maximum Gasteiger partial charge on any atom is 0.290 e. The standard InChI is InChI=1S/C21H26F2N2O2/c1-3-15-5-4-6-20(25-15)21(22,23)13-14(2)19-12-18(9-10-24-19)27-17-8-7-16(26)11-17/h4-6,9-10,12,14,16-17,26H,3,7-8,11,13H2,1-2H3. The first-order chi connectivity index (χ1) is 12.9. The van der Waals surface area contributed by atoms with E-state index in [4.69, 9.17) is 4.74 Å². The molecule has 2 aromatic heterocycles. The number of aliphatic hydroxyl groups excluding tert-OH is 1. The summed E-state index contributed by atoms with van der Waals surface area (Å²) in [7, 11) is 0. The van der Waals surface area contributed by atoms with Crippen molar-refractivity contribution in [3.63, 3.8) is 0 Å². The Morgan fingerprint density at radius 1 is 1.30 bits per heavy atom. The first kappa shape index (κ1) is 19.7. The summed E-state index contributed by atoms with van der Waals surface area (Å²) < 4.78 is 35.3. The van der Waals surface area contributed by atoms with Crippen molar-refractivity contribution in [2.24, 2.45) is 0 Å². The first-order valence-electron chi connectivity index (χ1n) is 9.52. The molecule has 1 saturated carbocycles. The Kier molecular flexibility index (Phi) is 6.05. The summed E-state index contributed by atoms with van der Waals surface area (Å²) in [5, 5.41) is 9.61. The van der Waals surface area contributed by atoms with Gasteiger partial charge in [0, 0.05) is 42.4 Å². The molecule has 3 unspecified atom stereocenters. The van der Waals surface area contributed by atoms with Crippen molar-refractivity contribution in [1.29, 1.82) is 0 Å². The molecule has 3 rings (SSSR count). The summed E-state index contributed by atoms with van der Waals surface area (Å²) in [6.45, 7) is 3.63. The molecule has 146 valence electrons. The van der Waals surface area contributed by atoms with Crippen LogP contribution >= 0.6 is 0 Å². The highest BCUT2D eigenvalue weighted by atomic mass is 19.3. The Labute approximate surface area is 158 Å². The lowest BCUT2D eigenvalue weighted by Crippen LogP contribution is -2.19. The fourth-order valence-electron chi connectivity index (χ4n) is 3.46. The number of rotatable bonds is 7. The Bertz CT molecular complexity index is 769. The average Bonchev–Trinajstić information content (AvgIpc) is 3.06. The third-order valence-electron chi connectivity index (χ3n) is 5.02. The molecule has 0 amide bonds. The van der Waals surface area contributed by atoms with E-state index < -0.39 is 11.8 Å². The minimum absolute atomic E-state index is 0.0343. The van der Waals surface area contributed by atoms with Crippen LogP contribution < -0.4 is 4.74 Å². The normalized spacial score (nSPS) is 21.2. The van der Waals surface area contributed by atoms with Crippen LogP contribution in [0.25, 0.3) is 0 Å². The number of aliphatic hydroxyl groups is 1. The molecule has 27 heavy (non-hydrogen) atoms. The highest BCUT2D eigenvalue weighted by Crippen LogP contribution is 2.37. The van der Waals surface area contributed by atoms with Crippen molar-refractivity contribution in [3.8, 4) is 5.75 Å². The molecule has 4 nitrogen and oxygen atoms in total. The second-order valence-electron chi connectivity index (χ2n) is 7.30. The zero-order valence-electron chi connectivity index (χ0n) is 15.7. The third kappa shape index (κ3) is 5.01. The molecular formula is C21H26F2N2O2. The van der Waals surface area contributed by atoms with Gasteiger partial charge in [-0.05, 0) is 37.5 Å². The highest BCUT2D eigenvalue weighted by molar-refractivity contribution is 5.26. The lowest BCUT2D eigenvalue weighted by atomic mass is 9.96. The summed E-state index contributed by atoms with van der Waals surface area (Å²) in [6.07, 6.45) is 3.61. The van der Waals surface area contributed by atoms with Crippen LogP contribution in [0.2, 0.25) is 0 Å². The predicted octanol–water partition coefficient (Wildman–Crippen LogP) is 4.62. The Balaban J connectivity index is 1.69. The smallest absolute Gasteiger partial charge is 0.290 e. The average molecular weight is 376 g/mol. The van der Waals surface area contributed by atoms with Crippen LogP contribution in [0.15, 0.2) is 36.5 Å². The monoisotopic (exact) mass is 376 g/mol. The van der Waals surface area contributed by atoms with Gasteiger partial charge in [-0.2, -0.15) is 8.78 Å². The lowest BCUT2D eigenvalue weighted by Gasteiger charge is -2.21. The number of ether oxygens (including phenoxy) is 1.